The largest absolute Gasteiger partial charge is 0.396 e. The van der Waals surface area contributed by atoms with Crippen LogP contribution >= 0.6 is 11.6 Å². The van der Waals surface area contributed by atoms with Crippen molar-refractivity contribution in [3.05, 3.63) is 23.4 Å². The van der Waals surface area contributed by atoms with Gasteiger partial charge in [0.25, 0.3) is 0 Å². The fourth-order valence-electron chi connectivity index (χ4n) is 1.26. The van der Waals surface area contributed by atoms with E-state index in [0.717, 1.165) is 0 Å². The topological polar surface area (TPSA) is 65.5 Å². The third-order valence-electron chi connectivity index (χ3n) is 2.85. The standard InChI is InChI=1S/C12H18ClN3O2/c1-8(7-17)9(2)15-12(18)16(3)11-5-4-10(13)6-14-11/h4-6,8-9,17H,7H2,1-3H3,(H,15,18)/t8-,9-/m0/s1. The van der Waals surface area contributed by atoms with Crippen molar-refractivity contribution in [2.45, 2.75) is 19.9 Å². The van der Waals surface area contributed by atoms with Gasteiger partial charge in [-0.1, -0.05) is 18.5 Å². The first-order chi connectivity index (χ1) is 8.45. The number of halogens is 1. The van der Waals surface area contributed by atoms with E-state index in [1.54, 1.807) is 19.2 Å². The molecule has 0 unspecified atom stereocenters. The Labute approximate surface area is 112 Å². The van der Waals surface area contributed by atoms with Gasteiger partial charge in [-0.05, 0) is 25.0 Å². The molecule has 2 atom stereocenters. The lowest BCUT2D eigenvalue weighted by Gasteiger charge is -2.23. The highest BCUT2D eigenvalue weighted by Gasteiger charge is 2.17. The minimum Gasteiger partial charge on any atom is -0.396 e. The van der Waals surface area contributed by atoms with Crippen LogP contribution in [0, 0.1) is 5.92 Å². The van der Waals surface area contributed by atoms with E-state index in [1.807, 2.05) is 13.8 Å². The van der Waals surface area contributed by atoms with Crippen LogP contribution in [0.1, 0.15) is 13.8 Å². The van der Waals surface area contributed by atoms with E-state index >= 15 is 0 Å². The van der Waals surface area contributed by atoms with Crippen molar-refractivity contribution in [1.82, 2.24) is 10.3 Å². The number of carbonyl (C=O) groups is 1. The van der Waals surface area contributed by atoms with Crippen molar-refractivity contribution < 1.29 is 9.90 Å². The molecule has 2 N–H and O–H groups in total. The van der Waals surface area contributed by atoms with Gasteiger partial charge in [-0.2, -0.15) is 0 Å². The first-order valence-electron chi connectivity index (χ1n) is 5.72. The minimum atomic E-state index is -0.266. The second-order valence-electron chi connectivity index (χ2n) is 4.29. The van der Waals surface area contributed by atoms with Crippen LogP contribution in [0.5, 0.6) is 0 Å². The highest BCUT2D eigenvalue weighted by atomic mass is 35.5. The Morgan fingerprint density at radius 1 is 1.56 bits per heavy atom. The number of aromatic nitrogens is 1. The highest BCUT2D eigenvalue weighted by molar-refractivity contribution is 6.30. The Balaban J connectivity index is 2.64. The van der Waals surface area contributed by atoms with Gasteiger partial charge in [0.1, 0.15) is 5.82 Å². The van der Waals surface area contributed by atoms with Crippen LogP contribution in [0.25, 0.3) is 0 Å². The Morgan fingerprint density at radius 3 is 2.72 bits per heavy atom. The molecule has 0 aliphatic heterocycles. The fourth-order valence-corrected chi connectivity index (χ4v) is 1.37. The van der Waals surface area contributed by atoms with E-state index in [0.29, 0.717) is 10.8 Å². The predicted octanol–water partition coefficient (Wildman–Crippen LogP) is 1.90. The van der Waals surface area contributed by atoms with Crippen LogP contribution in [0.3, 0.4) is 0 Å². The van der Waals surface area contributed by atoms with E-state index in [1.165, 1.54) is 11.1 Å². The first kappa shape index (κ1) is 14.7. The molecule has 5 nitrogen and oxygen atoms in total. The summed E-state index contributed by atoms with van der Waals surface area (Å²) in [7, 11) is 1.63. The van der Waals surface area contributed by atoms with Gasteiger partial charge in [0.05, 0.1) is 5.02 Å². The van der Waals surface area contributed by atoms with Crippen molar-refractivity contribution in [1.29, 1.82) is 0 Å². The van der Waals surface area contributed by atoms with Crippen molar-refractivity contribution in [2.75, 3.05) is 18.6 Å². The quantitative estimate of drug-likeness (QED) is 0.879. The summed E-state index contributed by atoms with van der Waals surface area (Å²) in [5.74, 6) is 0.515. The summed E-state index contributed by atoms with van der Waals surface area (Å²) >= 11 is 5.73. The van der Waals surface area contributed by atoms with E-state index in [9.17, 15) is 4.79 Å². The zero-order chi connectivity index (χ0) is 13.7. The minimum absolute atomic E-state index is 0.000488. The summed E-state index contributed by atoms with van der Waals surface area (Å²) in [6.45, 7) is 3.75. The molecule has 0 spiro atoms. The van der Waals surface area contributed by atoms with Crippen LogP contribution in [0.2, 0.25) is 5.02 Å². The molecule has 100 valence electrons. The molecule has 1 aromatic heterocycles. The van der Waals surface area contributed by atoms with Crippen LogP contribution in [0.4, 0.5) is 10.6 Å². The molecule has 18 heavy (non-hydrogen) atoms. The molecule has 2 amide bonds. The monoisotopic (exact) mass is 271 g/mol. The molecule has 1 aromatic rings. The number of rotatable bonds is 4. The van der Waals surface area contributed by atoms with Gasteiger partial charge in [0.15, 0.2) is 0 Å². The van der Waals surface area contributed by atoms with Crippen molar-refractivity contribution in [3.8, 4) is 0 Å². The molecule has 0 aliphatic rings. The smallest absolute Gasteiger partial charge is 0.323 e. The number of aliphatic hydroxyl groups is 1. The summed E-state index contributed by atoms with van der Waals surface area (Å²) in [6, 6.07) is 2.96. The molecule has 0 fully saturated rings. The summed E-state index contributed by atoms with van der Waals surface area (Å²) in [4.78, 5) is 17.4. The average Bonchev–Trinajstić information content (AvgIpc) is 2.37. The average molecular weight is 272 g/mol. The van der Waals surface area contributed by atoms with E-state index in [4.69, 9.17) is 16.7 Å². The number of anilines is 1. The Hall–Kier alpha value is -1.33. The molecule has 1 rings (SSSR count). The van der Waals surface area contributed by atoms with E-state index in [-0.39, 0.29) is 24.6 Å². The maximum atomic E-state index is 11.9. The molecule has 0 aliphatic carbocycles. The van der Waals surface area contributed by atoms with Gasteiger partial charge in [-0.25, -0.2) is 9.78 Å². The number of carbonyl (C=O) groups excluding carboxylic acids is 1. The zero-order valence-electron chi connectivity index (χ0n) is 10.7. The SMILES string of the molecule is C[C@H](NC(=O)N(C)c1ccc(Cl)cn1)[C@@H](C)CO. The lowest BCUT2D eigenvalue weighted by Crippen LogP contribution is -2.45. The first-order valence-corrected chi connectivity index (χ1v) is 6.10. The Morgan fingerprint density at radius 2 is 2.22 bits per heavy atom. The molecule has 1 heterocycles. The maximum absolute atomic E-state index is 11.9. The van der Waals surface area contributed by atoms with Crippen LogP contribution in [-0.4, -0.2) is 35.8 Å². The van der Waals surface area contributed by atoms with Gasteiger partial charge in [-0.15, -0.1) is 0 Å². The number of amides is 2. The van der Waals surface area contributed by atoms with Gasteiger partial charge < -0.3 is 10.4 Å². The number of hydrogen-bond acceptors (Lipinski definition) is 3. The van der Waals surface area contributed by atoms with Crippen molar-refractivity contribution in [3.63, 3.8) is 0 Å². The molecular formula is C12H18ClN3O2. The number of nitrogens with zero attached hydrogens (tertiary/aromatic N) is 2. The predicted molar refractivity (Wildman–Crippen MR) is 71.9 cm³/mol. The lowest BCUT2D eigenvalue weighted by atomic mass is 10.1. The molecule has 6 heteroatoms. The van der Waals surface area contributed by atoms with Crippen LogP contribution in [-0.2, 0) is 0 Å². The summed E-state index contributed by atoms with van der Waals surface area (Å²) in [6.07, 6.45) is 1.49. The van der Waals surface area contributed by atoms with Crippen molar-refractivity contribution >= 4 is 23.4 Å². The molecule has 0 aromatic carbocycles. The fraction of sp³-hybridized carbons (Fsp3) is 0.500. The second-order valence-corrected chi connectivity index (χ2v) is 4.73. The number of aliphatic hydroxyl groups excluding tert-OH is 1. The van der Waals surface area contributed by atoms with Gasteiger partial charge >= 0.3 is 6.03 Å². The van der Waals surface area contributed by atoms with Gasteiger partial charge in [-0.3, -0.25) is 4.90 Å². The van der Waals surface area contributed by atoms with E-state index in [2.05, 4.69) is 10.3 Å². The Bertz CT molecular complexity index is 397. The molecular weight excluding hydrogens is 254 g/mol. The number of nitrogens with one attached hydrogen (secondary N) is 1. The zero-order valence-corrected chi connectivity index (χ0v) is 11.5. The second kappa shape index (κ2) is 6.56. The summed E-state index contributed by atoms with van der Waals surface area (Å²) in [5.41, 5.74) is 0. The van der Waals surface area contributed by atoms with Gasteiger partial charge in [0, 0.05) is 25.9 Å². The normalized spacial score (nSPS) is 13.8. The lowest BCUT2D eigenvalue weighted by molar-refractivity contribution is 0.203. The molecule has 0 radical (unpaired) electrons. The Kier molecular flexibility index (Phi) is 5.37. The van der Waals surface area contributed by atoms with Crippen LogP contribution < -0.4 is 10.2 Å². The van der Waals surface area contributed by atoms with Crippen molar-refractivity contribution in [2.24, 2.45) is 5.92 Å². The number of pyridine rings is 1. The van der Waals surface area contributed by atoms with E-state index < -0.39 is 0 Å². The third kappa shape index (κ3) is 3.85. The highest BCUT2D eigenvalue weighted by Crippen LogP contribution is 2.13. The number of hydrogen-bond donors (Lipinski definition) is 2. The molecule has 0 bridgehead atoms. The maximum Gasteiger partial charge on any atom is 0.323 e. The van der Waals surface area contributed by atoms with Gasteiger partial charge in [0.2, 0.25) is 0 Å². The molecule has 0 saturated carbocycles. The number of urea groups is 1. The summed E-state index contributed by atoms with van der Waals surface area (Å²) < 4.78 is 0. The van der Waals surface area contributed by atoms with Crippen LogP contribution in [0.15, 0.2) is 18.3 Å². The molecule has 0 saturated heterocycles. The third-order valence-corrected chi connectivity index (χ3v) is 3.08. The summed E-state index contributed by atoms with van der Waals surface area (Å²) in [5, 5.41) is 12.3.